The zero-order valence-corrected chi connectivity index (χ0v) is 5.05. The van der Waals surface area contributed by atoms with Crippen LogP contribution in [0.5, 0.6) is 0 Å². The molecule has 0 spiro atoms. The summed E-state index contributed by atoms with van der Waals surface area (Å²) in [5.74, 6) is 0. The van der Waals surface area contributed by atoms with Gasteiger partial charge in [-0.3, -0.25) is 0 Å². The quantitative estimate of drug-likeness (QED) is 0.485. The van der Waals surface area contributed by atoms with Crippen molar-refractivity contribution >= 4 is 22.5 Å². The maximum atomic E-state index is 4.83. The van der Waals surface area contributed by atoms with Crippen LogP contribution in [0.25, 0.3) is 0 Å². The maximum absolute atomic E-state index is 4.83. The van der Waals surface area contributed by atoms with Crippen LogP contribution in [-0.4, -0.2) is 23.3 Å². The second kappa shape index (κ2) is 16.1. The predicted molar refractivity (Wildman–Crippen MR) is 38.0 cm³/mol. The van der Waals surface area contributed by atoms with Crippen LogP contribution in [0, 0.1) is 0 Å². The third-order valence-electron chi connectivity index (χ3n) is 0.408. The zero-order valence-electron chi connectivity index (χ0n) is 4.23. The number of rotatable bonds is 2. The van der Waals surface area contributed by atoms with Crippen molar-refractivity contribution in [2.45, 2.75) is 13.8 Å². The van der Waals surface area contributed by atoms with Gasteiger partial charge in [0.1, 0.15) is 0 Å². The molecule has 0 amide bonds. The molecule has 0 radical (unpaired) electrons. The molecule has 1 nitrogen and oxygen atoms in total. The van der Waals surface area contributed by atoms with Crippen LogP contribution in [0.3, 0.4) is 0 Å². The normalized spacial score (nSPS) is 6.00. The molecular formula is C4H13BeClO. The first-order chi connectivity index (χ1) is 2.41. The summed E-state index contributed by atoms with van der Waals surface area (Å²) in [5.41, 5.74) is 0. The first-order valence-corrected chi connectivity index (χ1v) is 1.99. The van der Waals surface area contributed by atoms with Crippen molar-refractivity contribution < 1.29 is 4.74 Å². The fourth-order valence-electron chi connectivity index (χ4n) is 0.204. The van der Waals surface area contributed by atoms with Gasteiger partial charge < -0.3 is 4.74 Å². The van der Waals surface area contributed by atoms with Crippen LogP contribution in [0.1, 0.15) is 13.8 Å². The van der Waals surface area contributed by atoms with E-state index >= 15 is 0 Å². The number of hydrogen-bond donors (Lipinski definition) is 0. The van der Waals surface area contributed by atoms with Crippen molar-refractivity contribution in [1.29, 1.82) is 0 Å². The summed E-state index contributed by atoms with van der Waals surface area (Å²) in [6.07, 6.45) is 0. The second-order valence-electron chi connectivity index (χ2n) is 0.781. The molecule has 0 heterocycles. The SMILES string of the molecule is CCOCC.Cl.[BeH2]. The first kappa shape index (κ1) is 15.7. The Bertz CT molecular complexity index is 19.2. The Morgan fingerprint density at radius 2 is 1.43 bits per heavy atom. The van der Waals surface area contributed by atoms with Crippen molar-refractivity contribution in [3.8, 4) is 0 Å². The van der Waals surface area contributed by atoms with Gasteiger partial charge in [-0.15, -0.1) is 12.4 Å². The van der Waals surface area contributed by atoms with Crippen LogP contribution in [-0.2, 0) is 4.74 Å². The third kappa shape index (κ3) is 21.4. The van der Waals surface area contributed by atoms with Crippen molar-refractivity contribution in [2.24, 2.45) is 0 Å². The molecule has 0 atom stereocenters. The van der Waals surface area contributed by atoms with Crippen LogP contribution >= 0.6 is 12.4 Å². The topological polar surface area (TPSA) is 9.23 Å². The van der Waals surface area contributed by atoms with Gasteiger partial charge in [-0.05, 0) is 13.8 Å². The number of halogens is 1. The summed E-state index contributed by atoms with van der Waals surface area (Å²) in [6, 6.07) is 0. The minimum absolute atomic E-state index is 0. The van der Waals surface area contributed by atoms with E-state index in [0.29, 0.717) is 0 Å². The summed E-state index contributed by atoms with van der Waals surface area (Å²) in [4.78, 5) is 0. The Morgan fingerprint density at radius 1 is 1.14 bits per heavy atom. The van der Waals surface area contributed by atoms with Gasteiger partial charge in [0.2, 0.25) is 0 Å². The van der Waals surface area contributed by atoms with Crippen LogP contribution in [0.2, 0.25) is 0 Å². The molecule has 0 rings (SSSR count). The number of hydrogen-bond acceptors (Lipinski definition) is 1. The van der Waals surface area contributed by atoms with Gasteiger partial charge in [-0.2, -0.15) is 0 Å². The third-order valence-corrected chi connectivity index (χ3v) is 0.408. The Hall–Kier alpha value is 0.419. The van der Waals surface area contributed by atoms with Gasteiger partial charge in [-0.1, -0.05) is 0 Å². The number of ether oxygens (including phenoxy) is 1. The molecule has 0 fully saturated rings. The monoisotopic (exact) mass is 121 g/mol. The van der Waals surface area contributed by atoms with Gasteiger partial charge in [0.05, 0.1) is 0 Å². The summed E-state index contributed by atoms with van der Waals surface area (Å²) in [6.45, 7) is 5.67. The van der Waals surface area contributed by atoms with E-state index in [9.17, 15) is 0 Å². The summed E-state index contributed by atoms with van der Waals surface area (Å²) >= 11 is 0. The fourth-order valence-corrected chi connectivity index (χ4v) is 0.204. The van der Waals surface area contributed by atoms with E-state index in [2.05, 4.69) is 0 Å². The van der Waals surface area contributed by atoms with E-state index in [1.807, 2.05) is 13.8 Å². The van der Waals surface area contributed by atoms with Crippen LogP contribution in [0.4, 0.5) is 0 Å². The molecule has 0 aliphatic heterocycles. The van der Waals surface area contributed by atoms with E-state index in [1.165, 1.54) is 0 Å². The summed E-state index contributed by atoms with van der Waals surface area (Å²) in [5, 5.41) is 0. The van der Waals surface area contributed by atoms with Crippen molar-refractivity contribution in [3.63, 3.8) is 0 Å². The Labute approximate surface area is 55.1 Å². The molecule has 0 aliphatic carbocycles. The van der Waals surface area contributed by atoms with E-state index < -0.39 is 0 Å². The molecule has 0 aromatic carbocycles. The average molecular weight is 122 g/mol. The molecule has 0 aromatic heterocycles. The van der Waals surface area contributed by atoms with Crippen molar-refractivity contribution in [1.82, 2.24) is 0 Å². The molecule has 0 aliphatic rings. The van der Waals surface area contributed by atoms with E-state index in [4.69, 9.17) is 4.74 Å². The summed E-state index contributed by atoms with van der Waals surface area (Å²) < 4.78 is 4.83. The van der Waals surface area contributed by atoms with Gasteiger partial charge in [0.25, 0.3) is 0 Å². The van der Waals surface area contributed by atoms with Crippen LogP contribution in [0.15, 0.2) is 0 Å². The fraction of sp³-hybridized carbons (Fsp3) is 1.00. The molecule has 0 bridgehead atoms. The van der Waals surface area contributed by atoms with Gasteiger partial charge >= 0.3 is 10.1 Å². The molecule has 7 heavy (non-hydrogen) atoms. The van der Waals surface area contributed by atoms with Gasteiger partial charge in [0.15, 0.2) is 0 Å². The van der Waals surface area contributed by atoms with E-state index in [-0.39, 0.29) is 22.5 Å². The second-order valence-corrected chi connectivity index (χ2v) is 0.781. The van der Waals surface area contributed by atoms with Gasteiger partial charge in [0, 0.05) is 13.2 Å². The summed E-state index contributed by atoms with van der Waals surface area (Å²) in [7, 11) is 0. The molecule has 0 saturated carbocycles. The Morgan fingerprint density at radius 3 is 1.43 bits per heavy atom. The predicted octanol–water partition coefficient (Wildman–Crippen LogP) is 0.548. The average Bonchev–Trinajstić information content (AvgIpc) is 1.41. The Balaban J connectivity index is -0.0000000800. The molecule has 0 N–H and O–H groups in total. The van der Waals surface area contributed by atoms with Gasteiger partial charge in [-0.25, -0.2) is 0 Å². The van der Waals surface area contributed by atoms with Crippen molar-refractivity contribution in [3.05, 3.63) is 0 Å². The standard InChI is InChI=1S/C4H10O.Be.ClH.2H/c1-3-5-4-2;;;;/h3-4H2,1-2H3;;1H;;. The van der Waals surface area contributed by atoms with E-state index in [1.54, 1.807) is 0 Å². The minimum atomic E-state index is 0. The molecule has 44 valence electrons. The molecule has 3 heteroatoms. The molecule has 0 unspecified atom stereocenters. The van der Waals surface area contributed by atoms with E-state index in [0.717, 1.165) is 13.2 Å². The molecule has 0 aromatic rings. The zero-order chi connectivity index (χ0) is 4.12. The first-order valence-electron chi connectivity index (χ1n) is 1.99. The Kier molecular flexibility index (Phi) is 36.1. The molecule has 0 saturated heterocycles. The molecular weight excluding hydrogens is 109 g/mol. The van der Waals surface area contributed by atoms with Crippen molar-refractivity contribution in [2.75, 3.05) is 13.2 Å². The van der Waals surface area contributed by atoms with Crippen LogP contribution < -0.4 is 0 Å².